The molecule has 0 aromatic heterocycles. The number of hydrogen-bond acceptors (Lipinski definition) is 2. The third-order valence-electron chi connectivity index (χ3n) is 4.74. The van der Waals surface area contributed by atoms with Gasteiger partial charge in [-0.05, 0) is 57.5 Å². The second-order valence-corrected chi connectivity index (χ2v) is 6.40. The average molecular weight is 343 g/mol. The molecular weight excluding hydrogens is 317 g/mol. The molecular formula is C15H26ClF3N2O. The van der Waals surface area contributed by atoms with Gasteiger partial charge in [0.1, 0.15) is 0 Å². The van der Waals surface area contributed by atoms with Crippen LogP contribution in [0.1, 0.15) is 51.4 Å². The average Bonchev–Trinajstić information content (AvgIpc) is 2.46. The van der Waals surface area contributed by atoms with Gasteiger partial charge in [-0.2, -0.15) is 13.2 Å². The molecule has 130 valence electrons. The molecule has 1 saturated carbocycles. The molecule has 0 aromatic rings. The molecule has 2 unspecified atom stereocenters. The Morgan fingerprint density at radius 2 is 1.82 bits per heavy atom. The molecule has 22 heavy (non-hydrogen) atoms. The highest BCUT2D eigenvalue weighted by molar-refractivity contribution is 5.85. The minimum absolute atomic E-state index is 0. The summed E-state index contributed by atoms with van der Waals surface area (Å²) in [5.74, 6) is -0.756. The molecule has 2 N–H and O–H groups in total. The largest absolute Gasteiger partial charge is 0.391 e. The van der Waals surface area contributed by atoms with E-state index in [1.54, 1.807) is 0 Å². The first-order valence-corrected chi connectivity index (χ1v) is 8.02. The molecule has 0 spiro atoms. The summed E-state index contributed by atoms with van der Waals surface area (Å²) in [6, 6.07) is -0.300. The van der Waals surface area contributed by atoms with Crippen molar-refractivity contribution in [2.24, 2.45) is 11.8 Å². The monoisotopic (exact) mass is 342 g/mol. The van der Waals surface area contributed by atoms with Crippen molar-refractivity contribution in [3.63, 3.8) is 0 Å². The molecule has 1 aliphatic carbocycles. The van der Waals surface area contributed by atoms with E-state index < -0.39 is 12.1 Å². The summed E-state index contributed by atoms with van der Waals surface area (Å²) in [7, 11) is 0. The standard InChI is InChI=1S/C15H25F3N2O.ClH/c16-15(17,18)12-2-1-3-13(10-12)20-14(21)5-4-11-6-8-19-9-7-11;/h11-13,19H,1-10H2,(H,20,21);1H. The number of hydrogen-bond donors (Lipinski definition) is 2. The minimum atomic E-state index is -4.13. The summed E-state index contributed by atoms with van der Waals surface area (Å²) in [4.78, 5) is 11.9. The Kier molecular flexibility index (Phi) is 7.97. The zero-order chi connectivity index (χ0) is 15.3. The van der Waals surface area contributed by atoms with Gasteiger partial charge in [0.15, 0.2) is 0 Å². The second kappa shape index (κ2) is 8.96. The van der Waals surface area contributed by atoms with Crippen molar-refractivity contribution in [3.8, 4) is 0 Å². The van der Waals surface area contributed by atoms with E-state index in [1.165, 1.54) is 0 Å². The predicted octanol–water partition coefficient (Wildman–Crippen LogP) is 3.43. The van der Waals surface area contributed by atoms with Crippen LogP contribution in [0.3, 0.4) is 0 Å². The van der Waals surface area contributed by atoms with Crippen molar-refractivity contribution < 1.29 is 18.0 Å². The van der Waals surface area contributed by atoms with Crippen LogP contribution in [0.4, 0.5) is 13.2 Å². The van der Waals surface area contributed by atoms with Crippen molar-refractivity contribution in [3.05, 3.63) is 0 Å². The Hall–Kier alpha value is -0.490. The molecule has 2 aliphatic rings. The Labute approximate surface area is 136 Å². The van der Waals surface area contributed by atoms with Gasteiger partial charge in [-0.1, -0.05) is 6.42 Å². The SMILES string of the molecule is Cl.O=C(CCC1CCNCC1)NC1CCCC(C(F)(F)F)C1. The van der Waals surface area contributed by atoms with Gasteiger partial charge < -0.3 is 10.6 Å². The summed E-state index contributed by atoms with van der Waals surface area (Å²) < 4.78 is 38.2. The van der Waals surface area contributed by atoms with Crippen molar-refractivity contribution in [1.29, 1.82) is 0 Å². The number of carbonyl (C=O) groups is 1. The third kappa shape index (κ3) is 6.32. The van der Waals surface area contributed by atoms with E-state index >= 15 is 0 Å². The number of carbonyl (C=O) groups excluding carboxylic acids is 1. The van der Waals surface area contributed by atoms with Crippen LogP contribution in [0.25, 0.3) is 0 Å². The highest BCUT2D eigenvalue weighted by Gasteiger charge is 2.42. The van der Waals surface area contributed by atoms with Gasteiger partial charge in [0, 0.05) is 12.5 Å². The van der Waals surface area contributed by atoms with Crippen LogP contribution < -0.4 is 10.6 Å². The topological polar surface area (TPSA) is 41.1 Å². The summed E-state index contributed by atoms with van der Waals surface area (Å²) in [5.41, 5.74) is 0. The molecule has 1 amide bonds. The molecule has 2 fully saturated rings. The van der Waals surface area contributed by atoms with Crippen LogP contribution in [0.5, 0.6) is 0 Å². The fourth-order valence-electron chi connectivity index (χ4n) is 3.42. The molecule has 0 radical (unpaired) electrons. The van der Waals surface area contributed by atoms with E-state index in [-0.39, 0.29) is 37.2 Å². The van der Waals surface area contributed by atoms with E-state index in [0.717, 1.165) is 32.4 Å². The zero-order valence-corrected chi connectivity index (χ0v) is 13.6. The highest BCUT2D eigenvalue weighted by atomic mass is 35.5. The molecule has 7 heteroatoms. The highest BCUT2D eigenvalue weighted by Crippen LogP contribution is 2.37. The van der Waals surface area contributed by atoms with Crippen LogP contribution in [0, 0.1) is 11.8 Å². The van der Waals surface area contributed by atoms with Gasteiger partial charge in [-0.25, -0.2) is 0 Å². The van der Waals surface area contributed by atoms with Gasteiger partial charge in [0.05, 0.1) is 5.92 Å². The number of amides is 1. The van der Waals surface area contributed by atoms with Gasteiger partial charge in [0.25, 0.3) is 0 Å². The first-order valence-electron chi connectivity index (χ1n) is 8.02. The van der Waals surface area contributed by atoms with E-state index in [2.05, 4.69) is 10.6 Å². The van der Waals surface area contributed by atoms with E-state index in [1.807, 2.05) is 0 Å². The molecule has 2 rings (SSSR count). The second-order valence-electron chi connectivity index (χ2n) is 6.40. The maximum absolute atomic E-state index is 12.7. The lowest BCUT2D eigenvalue weighted by atomic mass is 9.85. The number of nitrogens with one attached hydrogen (secondary N) is 2. The predicted molar refractivity (Wildman–Crippen MR) is 82.0 cm³/mol. The first-order chi connectivity index (χ1) is 9.95. The molecule has 0 aromatic carbocycles. The van der Waals surface area contributed by atoms with Gasteiger partial charge in [-0.3, -0.25) is 4.79 Å². The van der Waals surface area contributed by atoms with E-state index in [4.69, 9.17) is 0 Å². The van der Waals surface area contributed by atoms with Crippen molar-refractivity contribution in [2.75, 3.05) is 13.1 Å². The summed E-state index contributed by atoms with van der Waals surface area (Å²) in [6.45, 7) is 2.00. The quantitative estimate of drug-likeness (QED) is 0.822. The summed E-state index contributed by atoms with van der Waals surface area (Å²) in [6.07, 6.45) is 0.807. The smallest absolute Gasteiger partial charge is 0.353 e. The summed E-state index contributed by atoms with van der Waals surface area (Å²) in [5, 5.41) is 6.09. The van der Waals surface area contributed by atoms with Crippen molar-refractivity contribution in [2.45, 2.75) is 63.6 Å². The zero-order valence-electron chi connectivity index (χ0n) is 12.8. The number of piperidine rings is 1. The van der Waals surface area contributed by atoms with Crippen LogP contribution in [-0.4, -0.2) is 31.2 Å². The summed E-state index contributed by atoms with van der Waals surface area (Å²) >= 11 is 0. The lowest BCUT2D eigenvalue weighted by Crippen LogP contribution is -2.41. The Balaban J connectivity index is 0.00000242. The van der Waals surface area contributed by atoms with Crippen molar-refractivity contribution >= 4 is 18.3 Å². The Bertz CT molecular complexity index is 346. The van der Waals surface area contributed by atoms with Crippen LogP contribution in [0.15, 0.2) is 0 Å². The normalized spacial score (nSPS) is 27.0. The van der Waals surface area contributed by atoms with Crippen LogP contribution >= 0.6 is 12.4 Å². The fourth-order valence-corrected chi connectivity index (χ4v) is 3.42. The molecule has 1 aliphatic heterocycles. The van der Waals surface area contributed by atoms with Crippen LogP contribution in [0.2, 0.25) is 0 Å². The van der Waals surface area contributed by atoms with Crippen molar-refractivity contribution in [1.82, 2.24) is 10.6 Å². The van der Waals surface area contributed by atoms with Gasteiger partial charge in [0.2, 0.25) is 5.91 Å². The maximum atomic E-state index is 12.7. The molecule has 1 heterocycles. The Morgan fingerprint density at radius 3 is 2.45 bits per heavy atom. The Morgan fingerprint density at radius 1 is 1.14 bits per heavy atom. The van der Waals surface area contributed by atoms with Crippen LogP contribution in [-0.2, 0) is 4.79 Å². The number of halogens is 4. The molecule has 2 atom stereocenters. The first kappa shape index (κ1) is 19.6. The van der Waals surface area contributed by atoms with E-state index in [0.29, 0.717) is 25.2 Å². The maximum Gasteiger partial charge on any atom is 0.391 e. The lowest BCUT2D eigenvalue weighted by molar-refractivity contribution is -0.184. The van der Waals surface area contributed by atoms with E-state index in [9.17, 15) is 18.0 Å². The lowest BCUT2D eigenvalue weighted by Gasteiger charge is -2.31. The van der Waals surface area contributed by atoms with Gasteiger partial charge in [-0.15, -0.1) is 12.4 Å². The number of alkyl halides is 3. The minimum Gasteiger partial charge on any atom is -0.353 e. The number of rotatable bonds is 4. The molecule has 1 saturated heterocycles. The molecule has 0 bridgehead atoms. The third-order valence-corrected chi connectivity index (χ3v) is 4.74. The van der Waals surface area contributed by atoms with Gasteiger partial charge >= 0.3 is 6.18 Å². The molecule has 3 nitrogen and oxygen atoms in total. The fraction of sp³-hybridized carbons (Fsp3) is 0.933.